The van der Waals surface area contributed by atoms with Gasteiger partial charge in [-0.2, -0.15) is 9.97 Å². The van der Waals surface area contributed by atoms with Crippen molar-refractivity contribution in [3.8, 4) is 11.4 Å². The van der Waals surface area contributed by atoms with Gasteiger partial charge in [0, 0.05) is 44.3 Å². The molecule has 0 atom stereocenters. The van der Waals surface area contributed by atoms with Crippen molar-refractivity contribution < 1.29 is 5.11 Å². The standard InChI is InChI=1S/C22H23N7O/c1-15-19(3-2-9-24-15)29-10-8-18-20(23)25-22(26-21(18)29)28-13-11-27(12-14-28)16-4-6-17(30)7-5-16/h2-10,30H,11-14H2,1H3,(H2,23,25,26). The zero-order chi connectivity index (χ0) is 20.7. The third-order valence-corrected chi connectivity index (χ3v) is 5.58. The van der Waals surface area contributed by atoms with Crippen LogP contribution in [0, 0.1) is 6.92 Å². The number of pyridine rings is 1. The molecule has 1 aliphatic heterocycles. The number of piperazine rings is 1. The van der Waals surface area contributed by atoms with Gasteiger partial charge in [-0.05, 0) is 49.4 Å². The highest BCUT2D eigenvalue weighted by Gasteiger charge is 2.21. The Morgan fingerprint density at radius 3 is 2.40 bits per heavy atom. The number of phenolic OH excluding ortho intramolecular Hbond substituents is 1. The predicted molar refractivity (Wildman–Crippen MR) is 118 cm³/mol. The number of phenols is 1. The van der Waals surface area contributed by atoms with Crippen molar-refractivity contribution in [2.45, 2.75) is 6.92 Å². The fourth-order valence-corrected chi connectivity index (χ4v) is 3.92. The Morgan fingerprint density at radius 2 is 1.67 bits per heavy atom. The van der Waals surface area contributed by atoms with E-state index in [9.17, 15) is 5.11 Å². The minimum absolute atomic E-state index is 0.279. The Balaban J connectivity index is 1.43. The molecule has 0 radical (unpaired) electrons. The van der Waals surface area contributed by atoms with Gasteiger partial charge < -0.3 is 20.6 Å². The van der Waals surface area contributed by atoms with Gasteiger partial charge in [0.25, 0.3) is 0 Å². The van der Waals surface area contributed by atoms with Crippen LogP contribution in [0.25, 0.3) is 16.7 Å². The first kappa shape index (κ1) is 18.2. The maximum Gasteiger partial charge on any atom is 0.229 e. The molecule has 8 nitrogen and oxygen atoms in total. The lowest BCUT2D eigenvalue weighted by molar-refractivity contribution is 0.475. The van der Waals surface area contributed by atoms with Crippen molar-refractivity contribution in [1.82, 2.24) is 19.5 Å². The number of anilines is 3. The second kappa shape index (κ2) is 7.22. The minimum atomic E-state index is 0.279. The Kier molecular flexibility index (Phi) is 4.39. The molecule has 0 unspecified atom stereocenters. The van der Waals surface area contributed by atoms with Crippen molar-refractivity contribution in [2.75, 3.05) is 41.7 Å². The van der Waals surface area contributed by atoms with E-state index in [2.05, 4.69) is 19.8 Å². The van der Waals surface area contributed by atoms with Crippen LogP contribution in [0.4, 0.5) is 17.5 Å². The van der Waals surface area contributed by atoms with Crippen molar-refractivity contribution in [3.05, 3.63) is 60.6 Å². The van der Waals surface area contributed by atoms with Gasteiger partial charge in [0.2, 0.25) is 5.95 Å². The smallest absolute Gasteiger partial charge is 0.229 e. The van der Waals surface area contributed by atoms with E-state index in [0.717, 1.165) is 54.3 Å². The third kappa shape index (κ3) is 3.16. The average molecular weight is 401 g/mol. The second-order valence-corrected chi connectivity index (χ2v) is 7.43. The van der Waals surface area contributed by atoms with Crippen LogP contribution >= 0.6 is 0 Å². The largest absolute Gasteiger partial charge is 0.508 e. The lowest BCUT2D eigenvalue weighted by Crippen LogP contribution is -2.47. The molecule has 1 fully saturated rings. The molecule has 0 amide bonds. The zero-order valence-electron chi connectivity index (χ0n) is 16.7. The first-order valence-corrected chi connectivity index (χ1v) is 9.95. The highest BCUT2D eigenvalue weighted by molar-refractivity contribution is 5.88. The molecule has 0 bridgehead atoms. The minimum Gasteiger partial charge on any atom is -0.508 e. The van der Waals surface area contributed by atoms with E-state index in [-0.39, 0.29) is 5.75 Å². The second-order valence-electron chi connectivity index (χ2n) is 7.43. The monoisotopic (exact) mass is 401 g/mol. The predicted octanol–water partition coefficient (Wildman–Crippen LogP) is 2.74. The summed E-state index contributed by atoms with van der Waals surface area (Å²) >= 11 is 0. The number of aromatic hydroxyl groups is 1. The molecule has 5 rings (SSSR count). The maximum absolute atomic E-state index is 9.50. The Hall–Kier alpha value is -3.81. The van der Waals surface area contributed by atoms with E-state index < -0.39 is 0 Å². The summed E-state index contributed by atoms with van der Waals surface area (Å²) in [6.45, 7) is 5.25. The highest BCUT2D eigenvalue weighted by Crippen LogP contribution is 2.27. The number of hydrogen-bond donors (Lipinski definition) is 2. The fourth-order valence-electron chi connectivity index (χ4n) is 3.92. The normalized spacial score (nSPS) is 14.4. The fraction of sp³-hybridized carbons (Fsp3) is 0.227. The number of benzene rings is 1. The van der Waals surface area contributed by atoms with Crippen molar-refractivity contribution >= 4 is 28.5 Å². The number of nitrogen functional groups attached to an aromatic ring is 1. The van der Waals surface area contributed by atoms with Gasteiger partial charge in [0.05, 0.1) is 16.8 Å². The summed E-state index contributed by atoms with van der Waals surface area (Å²) in [6, 6.07) is 13.2. The lowest BCUT2D eigenvalue weighted by atomic mass is 10.2. The van der Waals surface area contributed by atoms with Gasteiger partial charge in [-0.25, -0.2) is 0 Å². The molecule has 3 aromatic heterocycles. The summed E-state index contributed by atoms with van der Waals surface area (Å²) in [5.41, 5.74) is 10.1. The molecule has 1 aromatic carbocycles. The number of rotatable bonds is 3. The van der Waals surface area contributed by atoms with Gasteiger partial charge in [-0.15, -0.1) is 0 Å². The first-order chi connectivity index (χ1) is 14.6. The van der Waals surface area contributed by atoms with Crippen molar-refractivity contribution in [2.24, 2.45) is 0 Å². The number of aromatic nitrogens is 4. The Labute approximate surface area is 174 Å². The van der Waals surface area contributed by atoms with Crippen LogP contribution in [-0.4, -0.2) is 50.8 Å². The van der Waals surface area contributed by atoms with Crippen molar-refractivity contribution in [1.29, 1.82) is 0 Å². The topological polar surface area (TPSA) is 96.3 Å². The third-order valence-electron chi connectivity index (χ3n) is 5.58. The van der Waals surface area contributed by atoms with Crippen LogP contribution in [0.15, 0.2) is 54.9 Å². The van der Waals surface area contributed by atoms with E-state index in [1.54, 1.807) is 18.3 Å². The van der Waals surface area contributed by atoms with E-state index in [1.165, 1.54) is 0 Å². The maximum atomic E-state index is 9.50. The van der Waals surface area contributed by atoms with Crippen molar-refractivity contribution in [3.63, 3.8) is 0 Å². The SMILES string of the molecule is Cc1ncccc1-n1ccc2c(N)nc(N3CCN(c4ccc(O)cc4)CC3)nc21. The van der Waals surface area contributed by atoms with Crippen LogP contribution in [0.1, 0.15) is 5.69 Å². The summed E-state index contributed by atoms with van der Waals surface area (Å²) in [5.74, 6) is 1.41. The molecule has 8 heteroatoms. The van der Waals surface area contributed by atoms with E-state index >= 15 is 0 Å². The van der Waals surface area contributed by atoms with E-state index in [0.29, 0.717) is 11.8 Å². The summed E-state index contributed by atoms with van der Waals surface area (Å²) in [6.07, 6.45) is 3.75. The number of nitrogens with zero attached hydrogens (tertiary/aromatic N) is 6. The van der Waals surface area contributed by atoms with Crippen LogP contribution in [0.2, 0.25) is 0 Å². The molecule has 152 valence electrons. The number of fused-ring (bicyclic) bond motifs is 1. The molecular formula is C22H23N7O. The molecule has 1 saturated heterocycles. The Morgan fingerprint density at radius 1 is 0.933 bits per heavy atom. The lowest BCUT2D eigenvalue weighted by Gasteiger charge is -2.36. The molecule has 1 aliphatic rings. The quantitative estimate of drug-likeness (QED) is 0.545. The van der Waals surface area contributed by atoms with Gasteiger partial charge >= 0.3 is 0 Å². The Bertz CT molecular complexity index is 1190. The molecule has 4 heterocycles. The molecule has 3 N–H and O–H groups in total. The molecule has 0 spiro atoms. The average Bonchev–Trinajstić information content (AvgIpc) is 3.19. The van der Waals surface area contributed by atoms with Gasteiger partial charge in [0.15, 0.2) is 5.65 Å². The summed E-state index contributed by atoms with van der Waals surface area (Å²) < 4.78 is 2.02. The molecule has 4 aromatic rings. The summed E-state index contributed by atoms with van der Waals surface area (Å²) in [7, 11) is 0. The number of aryl methyl sites for hydroxylation is 1. The van der Waals surface area contributed by atoms with E-state index in [4.69, 9.17) is 10.7 Å². The number of hydrogen-bond acceptors (Lipinski definition) is 7. The zero-order valence-corrected chi connectivity index (χ0v) is 16.7. The molecule has 0 aliphatic carbocycles. The number of nitrogens with two attached hydrogens (primary N) is 1. The van der Waals surface area contributed by atoms with Gasteiger partial charge in [-0.3, -0.25) is 9.55 Å². The summed E-state index contributed by atoms with van der Waals surface area (Å²) in [5, 5.41) is 10.3. The highest BCUT2D eigenvalue weighted by atomic mass is 16.3. The molecule has 30 heavy (non-hydrogen) atoms. The van der Waals surface area contributed by atoms with E-state index in [1.807, 2.05) is 48.0 Å². The molecule has 0 saturated carbocycles. The first-order valence-electron chi connectivity index (χ1n) is 9.95. The van der Waals surface area contributed by atoms with Crippen LogP contribution in [0.3, 0.4) is 0 Å². The van der Waals surface area contributed by atoms with Gasteiger partial charge in [-0.1, -0.05) is 0 Å². The van der Waals surface area contributed by atoms with Crippen LogP contribution in [0.5, 0.6) is 5.75 Å². The summed E-state index contributed by atoms with van der Waals surface area (Å²) in [4.78, 5) is 18.3. The van der Waals surface area contributed by atoms with Crippen LogP contribution in [-0.2, 0) is 0 Å². The molecular weight excluding hydrogens is 378 g/mol. The van der Waals surface area contributed by atoms with Crippen LogP contribution < -0.4 is 15.5 Å². The van der Waals surface area contributed by atoms with Gasteiger partial charge in [0.1, 0.15) is 11.6 Å².